The Morgan fingerprint density at radius 1 is 0.143 bits per heavy atom. The number of epoxide rings is 7. The Morgan fingerprint density at radius 2 is 0.271 bits per heavy atom. The molecule has 0 unspecified atom stereocenters. The first kappa shape index (κ1) is 46.2. The van der Waals surface area contributed by atoms with Gasteiger partial charge in [0.15, 0.2) is 44.0 Å². The molecule has 14 bridgehead atoms. The number of rotatable bonds is 7. The summed E-state index contributed by atoms with van der Waals surface area (Å²) in [5.74, 6) is 0. The Labute approximate surface area is 396 Å². The predicted molar refractivity (Wildman–Crippen MR) is 205 cm³/mol. The van der Waals surface area contributed by atoms with E-state index < -0.39 is 261 Å². The predicted octanol–water partition coefficient (Wildman–Crippen LogP) is -7.91. The molecule has 22 saturated heterocycles. The molecule has 22 rings (SSSR count). The van der Waals surface area contributed by atoms with Gasteiger partial charge < -0.3 is 135 Å². The van der Waals surface area contributed by atoms with Crippen LogP contribution in [-0.4, -0.2) is 297 Å². The first-order chi connectivity index (χ1) is 34.3. The summed E-state index contributed by atoms with van der Waals surface area (Å²) in [7, 11) is 0. The van der Waals surface area contributed by atoms with Crippen molar-refractivity contribution in [1.82, 2.24) is 0 Å². The van der Waals surface area contributed by atoms with Crippen molar-refractivity contribution in [2.24, 2.45) is 0 Å². The van der Waals surface area contributed by atoms with Gasteiger partial charge in [-0.2, -0.15) is 0 Å². The van der Waals surface area contributed by atoms with E-state index >= 15 is 0 Å². The Hall–Kier alpha value is -1.12. The fourth-order valence-electron chi connectivity index (χ4n) is 12.1. The summed E-state index contributed by atoms with van der Waals surface area (Å²) in [4.78, 5) is 0. The summed E-state index contributed by atoms with van der Waals surface area (Å²) >= 11 is 0. The minimum absolute atomic E-state index is 0.481. The molecule has 0 radical (unpaired) electrons. The Balaban J connectivity index is 0.676. The van der Waals surface area contributed by atoms with Crippen LogP contribution in [0.3, 0.4) is 0 Å². The van der Waals surface area contributed by atoms with E-state index in [1.165, 1.54) is 0 Å². The van der Waals surface area contributed by atoms with E-state index in [1.807, 2.05) is 0 Å². The van der Waals surface area contributed by atoms with Crippen LogP contribution in [0.15, 0.2) is 0 Å². The second-order valence-electron chi connectivity index (χ2n) is 20.2. The van der Waals surface area contributed by atoms with Gasteiger partial charge in [0, 0.05) is 0 Å². The molecule has 28 nitrogen and oxygen atoms in total. The normalized spacial score (nSPS) is 62.7. The number of aliphatic hydroxyl groups is 7. The van der Waals surface area contributed by atoms with Gasteiger partial charge in [0.05, 0.1) is 46.2 Å². The summed E-state index contributed by atoms with van der Waals surface area (Å²) in [5.41, 5.74) is 0. The van der Waals surface area contributed by atoms with E-state index in [9.17, 15) is 35.7 Å². The molecular weight excluding hydrogens is 952 g/mol. The van der Waals surface area contributed by atoms with Gasteiger partial charge in [-0.05, 0) is 0 Å². The maximum atomic E-state index is 10.5. The molecule has 22 aliphatic rings. The van der Waals surface area contributed by atoms with Crippen LogP contribution in [0.25, 0.3) is 0 Å². The number of ether oxygens (including phenoxy) is 21. The fraction of sp³-hybridized carbons (Fsp3) is 1.00. The first-order valence-corrected chi connectivity index (χ1v) is 24.3. The van der Waals surface area contributed by atoms with Crippen molar-refractivity contribution in [3.63, 3.8) is 0 Å². The van der Waals surface area contributed by atoms with Crippen LogP contribution < -0.4 is 0 Å². The topological polar surface area (TPSA) is 359 Å². The summed E-state index contributed by atoms with van der Waals surface area (Å²) < 4.78 is 130. The molecule has 0 aromatic rings. The third-order valence-electron chi connectivity index (χ3n) is 16.1. The molecule has 22 aliphatic heterocycles. The lowest BCUT2D eigenvalue weighted by atomic mass is 10.0. The lowest BCUT2D eigenvalue weighted by Gasteiger charge is -2.41. The zero-order valence-electron chi connectivity index (χ0n) is 36.9. The molecular formula is C42H56O28. The summed E-state index contributed by atoms with van der Waals surface area (Å²) in [6.45, 7) is -3.37. The molecule has 0 aromatic heterocycles. The highest BCUT2D eigenvalue weighted by atomic mass is 16.8. The standard InChI is InChI=1S/C42H56O28/c43-1-8-15-22-29(57-22)36(50-8)65-16-9(2-44)52-38(31-23(16)59-31)67-18-11(4-46)54-40(33-25(18)61-33)69-20-13(6-48)56-42(35-27(20)63-35)70-21-14(7-49)55-41(34-28(21)62-34)68-19-12(5-47)53-39(32-26(19)60-32)66-17-10(3-45)51-37(64-15)30-24(17)58-30/h8-49H,1-7H2/t8-,9-,10-,11-,12-,13-,14-,15-,16-,17-,18-,19-,20-,21-,22-,23+,24+,25-,26+,27+,28+,29+,30+,31+,32+,33+,34+,35+,36-,37-,38-,39-,40-,41-,42-/m1/s1. The fourth-order valence-corrected chi connectivity index (χ4v) is 12.1. The van der Waals surface area contributed by atoms with Crippen LogP contribution in [0.2, 0.25) is 0 Å². The Bertz CT molecular complexity index is 1570. The molecule has 22 fully saturated rings. The van der Waals surface area contributed by atoms with E-state index in [2.05, 4.69) is 0 Å². The van der Waals surface area contributed by atoms with Crippen molar-refractivity contribution in [3.05, 3.63) is 0 Å². The highest BCUT2D eigenvalue weighted by molar-refractivity contribution is 5.12. The van der Waals surface area contributed by atoms with Gasteiger partial charge in [-0.25, -0.2) is 0 Å². The average molecular weight is 1010 g/mol. The van der Waals surface area contributed by atoms with Crippen LogP contribution in [0.5, 0.6) is 0 Å². The second kappa shape index (κ2) is 17.5. The molecule has 22 heterocycles. The third kappa shape index (κ3) is 7.64. The van der Waals surface area contributed by atoms with Crippen molar-refractivity contribution in [2.75, 3.05) is 46.2 Å². The van der Waals surface area contributed by atoms with Crippen molar-refractivity contribution in [1.29, 1.82) is 0 Å². The lowest BCUT2D eigenvalue weighted by Crippen LogP contribution is -2.58. The largest absolute Gasteiger partial charge is 0.394 e. The van der Waals surface area contributed by atoms with Crippen LogP contribution in [0.4, 0.5) is 0 Å². The van der Waals surface area contributed by atoms with Crippen molar-refractivity contribution >= 4 is 0 Å². The Kier molecular flexibility index (Phi) is 11.5. The molecule has 0 amide bonds. The van der Waals surface area contributed by atoms with Crippen molar-refractivity contribution in [2.45, 2.75) is 215 Å². The molecule has 35 atom stereocenters. The van der Waals surface area contributed by atoms with E-state index in [-0.39, 0.29) is 0 Å². The highest BCUT2D eigenvalue weighted by Gasteiger charge is 2.71. The quantitative estimate of drug-likeness (QED) is 0.116. The van der Waals surface area contributed by atoms with Gasteiger partial charge in [-0.3, -0.25) is 0 Å². The molecule has 70 heavy (non-hydrogen) atoms. The Morgan fingerprint density at radius 3 is 0.386 bits per heavy atom. The maximum Gasteiger partial charge on any atom is 0.187 e. The monoisotopic (exact) mass is 1010 g/mol. The first-order valence-electron chi connectivity index (χ1n) is 24.3. The molecule has 0 spiro atoms. The number of hydrogen-bond acceptors (Lipinski definition) is 28. The van der Waals surface area contributed by atoms with Gasteiger partial charge in [0.2, 0.25) is 0 Å². The molecule has 0 aromatic carbocycles. The second-order valence-corrected chi connectivity index (χ2v) is 20.2. The summed E-state index contributed by atoms with van der Waals surface area (Å²) in [6, 6.07) is 0. The van der Waals surface area contributed by atoms with Gasteiger partial charge >= 0.3 is 0 Å². The minimum atomic E-state index is -1.01. The zero-order chi connectivity index (χ0) is 47.0. The minimum Gasteiger partial charge on any atom is -0.394 e. The number of aliphatic hydroxyl groups excluding tert-OH is 7. The van der Waals surface area contributed by atoms with Crippen LogP contribution in [0, 0.1) is 0 Å². The smallest absolute Gasteiger partial charge is 0.187 e. The van der Waals surface area contributed by atoms with Crippen molar-refractivity contribution in [3.8, 4) is 0 Å². The number of hydrogen-bond donors (Lipinski definition) is 7. The van der Waals surface area contributed by atoms with Crippen molar-refractivity contribution < 1.29 is 135 Å². The van der Waals surface area contributed by atoms with Crippen LogP contribution in [0.1, 0.15) is 0 Å². The van der Waals surface area contributed by atoms with E-state index in [0.29, 0.717) is 0 Å². The van der Waals surface area contributed by atoms with E-state index in [1.54, 1.807) is 0 Å². The molecule has 0 saturated carbocycles. The van der Waals surface area contributed by atoms with Crippen LogP contribution >= 0.6 is 0 Å². The van der Waals surface area contributed by atoms with Gasteiger partial charge in [0.1, 0.15) is 171 Å². The van der Waals surface area contributed by atoms with Crippen LogP contribution in [-0.2, 0) is 99.5 Å². The maximum absolute atomic E-state index is 10.5. The SMILES string of the molecule is OC[C@H]1O[C@@H]2O[C@H]3[C@@H]4O[C@@H]4[C@@H](O[C@H]4[C@H]5O[C@@H]5[C@@H](O[C@H]5[C@@H]6O[C@@H]6[C@@H](O[C@H]6[C@H]7O[C@@H]7[C@@H](O[C@H]7[C@@H]8O[C@@H]8[C@@H](O[C@H]8[C@@H]9O[C@@H]9[C@@H](O[C@H]1[C@@H]1O[C@H]21)O[C@@H]8CO)O[C@@H]7CO)O[C@@H]6CO)O[C@@H]5CO)O[C@@H]4CO)O[C@@H]3CO. The molecule has 392 valence electrons. The number of fused-ring (bicyclic) bond motifs is 6. The average Bonchev–Trinajstić information content (AvgIpc) is 4.15. The van der Waals surface area contributed by atoms with E-state index in [4.69, 9.17) is 99.5 Å². The van der Waals surface area contributed by atoms with Gasteiger partial charge in [0.25, 0.3) is 0 Å². The zero-order valence-corrected chi connectivity index (χ0v) is 36.9. The highest BCUT2D eigenvalue weighted by Crippen LogP contribution is 2.52. The van der Waals surface area contributed by atoms with Gasteiger partial charge in [-0.15, -0.1) is 0 Å². The summed E-state index contributed by atoms with van der Waals surface area (Å²) in [5, 5.41) is 73.7. The molecule has 7 N–H and O–H groups in total. The van der Waals surface area contributed by atoms with E-state index in [0.717, 1.165) is 0 Å². The molecule has 28 heteroatoms. The molecule has 0 aliphatic carbocycles. The third-order valence-corrected chi connectivity index (χ3v) is 16.1. The van der Waals surface area contributed by atoms with Gasteiger partial charge in [-0.1, -0.05) is 0 Å². The lowest BCUT2D eigenvalue weighted by molar-refractivity contribution is -0.316. The summed E-state index contributed by atoms with van der Waals surface area (Å²) in [6.07, 6.45) is -28.0.